The van der Waals surface area contributed by atoms with Crippen molar-refractivity contribution >= 4 is 21.6 Å². The number of rotatable bonds is 6. The fourth-order valence-corrected chi connectivity index (χ4v) is 2.24. The van der Waals surface area contributed by atoms with E-state index in [1.807, 2.05) is 25.4 Å². The third-order valence-corrected chi connectivity index (χ3v) is 3.38. The van der Waals surface area contributed by atoms with Crippen molar-refractivity contribution in [3.05, 3.63) is 56.3 Å². The molecule has 0 bridgehead atoms. The largest absolute Gasteiger partial charge is 0.312 e. The summed E-state index contributed by atoms with van der Waals surface area (Å²) < 4.78 is 2.47. The SMILES string of the molecule is Cn1ccc(CCNCc2ccc(Br)cc2[N+](=O)[O-])n1. The molecule has 0 aliphatic rings. The Bertz CT molecular complexity index is 612. The lowest BCUT2D eigenvalue weighted by molar-refractivity contribution is -0.385. The summed E-state index contributed by atoms with van der Waals surface area (Å²) in [6.45, 7) is 1.20. The van der Waals surface area contributed by atoms with Crippen LogP contribution in [0.25, 0.3) is 0 Å². The smallest absolute Gasteiger partial charge is 0.275 e. The Balaban J connectivity index is 1.89. The number of aromatic nitrogens is 2. The first-order valence-electron chi connectivity index (χ1n) is 6.18. The van der Waals surface area contributed by atoms with Crippen LogP contribution in [0, 0.1) is 10.1 Å². The highest BCUT2D eigenvalue weighted by atomic mass is 79.9. The number of nitrogens with zero attached hydrogens (tertiary/aromatic N) is 3. The van der Waals surface area contributed by atoms with E-state index in [9.17, 15) is 10.1 Å². The number of nitro groups is 1. The first-order chi connectivity index (χ1) is 9.56. The third kappa shape index (κ3) is 3.88. The quantitative estimate of drug-likeness (QED) is 0.498. The molecule has 0 radical (unpaired) electrons. The van der Waals surface area contributed by atoms with Gasteiger partial charge in [0.15, 0.2) is 0 Å². The highest BCUT2D eigenvalue weighted by molar-refractivity contribution is 9.10. The fraction of sp³-hybridized carbons (Fsp3) is 0.308. The summed E-state index contributed by atoms with van der Waals surface area (Å²) in [6.07, 6.45) is 2.69. The first-order valence-corrected chi connectivity index (χ1v) is 6.97. The number of nitrogens with one attached hydrogen (secondary N) is 1. The normalized spacial score (nSPS) is 10.7. The van der Waals surface area contributed by atoms with Crippen LogP contribution in [0.1, 0.15) is 11.3 Å². The summed E-state index contributed by atoms with van der Waals surface area (Å²) in [5.41, 5.74) is 1.81. The van der Waals surface area contributed by atoms with E-state index in [1.165, 1.54) is 6.07 Å². The monoisotopic (exact) mass is 338 g/mol. The first kappa shape index (κ1) is 14.7. The topological polar surface area (TPSA) is 73.0 Å². The van der Waals surface area contributed by atoms with Crippen LogP contribution in [0.2, 0.25) is 0 Å². The molecule has 0 aliphatic carbocycles. The molecular weight excluding hydrogens is 324 g/mol. The van der Waals surface area contributed by atoms with E-state index in [1.54, 1.807) is 10.7 Å². The molecule has 0 spiro atoms. The van der Waals surface area contributed by atoms with Crippen molar-refractivity contribution in [1.29, 1.82) is 0 Å². The average molecular weight is 339 g/mol. The van der Waals surface area contributed by atoms with Crippen molar-refractivity contribution in [2.75, 3.05) is 6.54 Å². The van der Waals surface area contributed by atoms with Gasteiger partial charge in [0.25, 0.3) is 5.69 Å². The molecule has 0 saturated carbocycles. The molecule has 106 valence electrons. The second kappa shape index (κ2) is 6.62. The summed E-state index contributed by atoms with van der Waals surface area (Å²) in [6, 6.07) is 7.05. The third-order valence-electron chi connectivity index (χ3n) is 2.89. The maximum absolute atomic E-state index is 11.0. The molecule has 6 nitrogen and oxygen atoms in total. The Kier molecular flexibility index (Phi) is 4.86. The molecule has 1 aromatic carbocycles. The molecule has 1 heterocycles. The van der Waals surface area contributed by atoms with Crippen molar-refractivity contribution in [3.8, 4) is 0 Å². The van der Waals surface area contributed by atoms with Crippen LogP contribution in [0.15, 0.2) is 34.9 Å². The second-order valence-electron chi connectivity index (χ2n) is 4.44. The summed E-state index contributed by atoms with van der Waals surface area (Å²) in [5, 5.41) is 18.5. The Labute approximate surface area is 125 Å². The molecule has 7 heteroatoms. The van der Waals surface area contributed by atoms with E-state index in [4.69, 9.17) is 0 Å². The van der Waals surface area contributed by atoms with E-state index in [0.29, 0.717) is 16.6 Å². The maximum atomic E-state index is 11.0. The molecule has 0 saturated heterocycles. The van der Waals surface area contributed by atoms with E-state index >= 15 is 0 Å². The number of nitro benzene ring substituents is 1. The Morgan fingerprint density at radius 2 is 2.25 bits per heavy atom. The zero-order valence-electron chi connectivity index (χ0n) is 11.0. The van der Waals surface area contributed by atoms with Crippen LogP contribution in [0.3, 0.4) is 0 Å². The van der Waals surface area contributed by atoms with Gasteiger partial charge in [0.1, 0.15) is 0 Å². The van der Waals surface area contributed by atoms with Gasteiger partial charge in [0.05, 0.1) is 10.6 Å². The summed E-state index contributed by atoms with van der Waals surface area (Å²) in [5.74, 6) is 0. The number of benzene rings is 1. The molecule has 0 amide bonds. The molecule has 2 aromatic rings. The molecular formula is C13H15BrN4O2. The minimum atomic E-state index is -0.361. The van der Waals surface area contributed by atoms with Crippen molar-refractivity contribution in [3.63, 3.8) is 0 Å². The van der Waals surface area contributed by atoms with E-state index in [2.05, 4.69) is 26.3 Å². The minimum Gasteiger partial charge on any atom is -0.312 e. The van der Waals surface area contributed by atoms with Crippen LogP contribution in [-0.4, -0.2) is 21.2 Å². The lowest BCUT2D eigenvalue weighted by atomic mass is 10.2. The van der Waals surface area contributed by atoms with Crippen LogP contribution in [0.5, 0.6) is 0 Å². The predicted molar refractivity (Wildman–Crippen MR) is 79.4 cm³/mol. The predicted octanol–water partition coefficient (Wildman–Crippen LogP) is 2.42. The number of hydrogen-bond donors (Lipinski definition) is 1. The van der Waals surface area contributed by atoms with E-state index in [0.717, 1.165) is 18.7 Å². The summed E-state index contributed by atoms with van der Waals surface area (Å²) in [7, 11) is 1.88. The van der Waals surface area contributed by atoms with Crippen LogP contribution in [0.4, 0.5) is 5.69 Å². The maximum Gasteiger partial charge on any atom is 0.275 e. The molecule has 0 atom stereocenters. The van der Waals surface area contributed by atoms with E-state index in [-0.39, 0.29) is 10.6 Å². The molecule has 0 fully saturated rings. The lowest BCUT2D eigenvalue weighted by Gasteiger charge is -2.05. The molecule has 1 aromatic heterocycles. The van der Waals surface area contributed by atoms with Crippen molar-refractivity contribution in [2.45, 2.75) is 13.0 Å². The number of aryl methyl sites for hydroxylation is 1. The van der Waals surface area contributed by atoms with Gasteiger partial charge in [-0.15, -0.1) is 0 Å². The molecule has 0 unspecified atom stereocenters. The van der Waals surface area contributed by atoms with Crippen LogP contribution < -0.4 is 5.32 Å². The van der Waals surface area contributed by atoms with Gasteiger partial charge in [0.2, 0.25) is 0 Å². The summed E-state index contributed by atoms with van der Waals surface area (Å²) in [4.78, 5) is 10.6. The van der Waals surface area contributed by atoms with Gasteiger partial charge in [-0.1, -0.05) is 15.9 Å². The minimum absolute atomic E-state index is 0.129. The van der Waals surface area contributed by atoms with Gasteiger partial charge in [-0.25, -0.2) is 0 Å². The van der Waals surface area contributed by atoms with Gasteiger partial charge in [-0.3, -0.25) is 14.8 Å². The van der Waals surface area contributed by atoms with Crippen molar-refractivity contribution in [2.24, 2.45) is 7.05 Å². The van der Waals surface area contributed by atoms with Crippen LogP contribution >= 0.6 is 15.9 Å². The van der Waals surface area contributed by atoms with Crippen LogP contribution in [-0.2, 0) is 20.0 Å². The molecule has 0 aliphatic heterocycles. The Hall–Kier alpha value is -1.73. The van der Waals surface area contributed by atoms with Gasteiger partial charge < -0.3 is 5.32 Å². The van der Waals surface area contributed by atoms with Crippen molar-refractivity contribution in [1.82, 2.24) is 15.1 Å². The highest BCUT2D eigenvalue weighted by Gasteiger charge is 2.13. The zero-order chi connectivity index (χ0) is 14.5. The number of hydrogen-bond acceptors (Lipinski definition) is 4. The lowest BCUT2D eigenvalue weighted by Crippen LogP contribution is -2.17. The van der Waals surface area contributed by atoms with Gasteiger partial charge in [0, 0.05) is 48.9 Å². The Morgan fingerprint density at radius 1 is 1.45 bits per heavy atom. The average Bonchev–Trinajstić information content (AvgIpc) is 2.81. The summed E-state index contributed by atoms with van der Waals surface area (Å²) >= 11 is 3.24. The number of halogens is 1. The molecule has 1 N–H and O–H groups in total. The van der Waals surface area contributed by atoms with Gasteiger partial charge >= 0.3 is 0 Å². The highest BCUT2D eigenvalue weighted by Crippen LogP contribution is 2.23. The van der Waals surface area contributed by atoms with Crippen molar-refractivity contribution < 1.29 is 4.92 Å². The van der Waals surface area contributed by atoms with Gasteiger partial charge in [-0.2, -0.15) is 5.10 Å². The molecule has 2 rings (SSSR count). The molecule has 20 heavy (non-hydrogen) atoms. The second-order valence-corrected chi connectivity index (χ2v) is 5.35. The fourth-order valence-electron chi connectivity index (χ4n) is 1.89. The zero-order valence-corrected chi connectivity index (χ0v) is 12.6. The van der Waals surface area contributed by atoms with E-state index < -0.39 is 0 Å². The van der Waals surface area contributed by atoms with Gasteiger partial charge in [-0.05, 0) is 18.2 Å². The standard InChI is InChI=1S/C13H15BrN4O2/c1-17-7-5-12(16-17)4-6-15-9-10-2-3-11(14)8-13(10)18(19)20/h2-3,5,7-8,15H,4,6,9H2,1H3. The Morgan fingerprint density at radius 3 is 2.90 bits per heavy atom.